The zero-order valence-electron chi connectivity index (χ0n) is 16.2. The maximum absolute atomic E-state index is 13.1. The molecular weight excluding hydrogens is 364 g/mol. The van der Waals surface area contributed by atoms with E-state index in [4.69, 9.17) is 4.42 Å². The van der Waals surface area contributed by atoms with Crippen molar-refractivity contribution in [3.05, 3.63) is 95.9 Å². The fourth-order valence-electron chi connectivity index (χ4n) is 3.83. The average Bonchev–Trinajstić information content (AvgIpc) is 3.33. The summed E-state index contributed by atoms with van der Waals surface area (Å²) in [5.41, 5.74) is 2.83. The van der Waals surface area contributed by atoms with Crippen LogP contribution in [0.15, 0.2) is 83.7 Å². The van der Waals surface area contributed by atoms with Crippen molar-refractivity contribution in [1.29, 1.82) is 0 Å². The van der Waals surface area contributed by atoms with E-state index in [1.54, 1.807) is 11.0 Å². The highest BCUT2D eigenvalue weighted by atomic mass is 16.3. The lowest BCUT2D eigenvalue weighted by Crippen LogP contribution is -2.50. The van der Waals surface area contributed by atoms with E-state index >= 15 is 0 Å². The monoisotopic (exact) mass is 388 g/mol. The number of carbonyl (C=O) groups excluding carboxylic acids is 2. The third-order valence-corrected chi connectivity index (χ3v) is 5.47. The Balaban J connectivity index is 1.42. The molecule has 2 heterocycles. The molecule has 1 fully saturated rings. The molecule has 1 aromatic heterocycles. The molecule has 0 unspecified atom stereocenters. The van der Waals surface area contributed by atoms with Crippen molar-refractivity contribution < 1.29 is 14.0 Å². The maximum Gasteiger partial charge on any atom is 0.257 e. The molecule has 0 N–H and O–H groups in total. The van der Waals surface area contributed by atoms with Gasteiger partial charge in [-0.2, -0.15) is 0 Å². The second-order valence-electron chi connectivity index (χ2n) is 7.26. The smallest absolute Gasteiger partial charge is 0.257 e. The van der Waals surface area contributed by atoms with Crippen LogP contribution in [-0.4, -0.2) is 47.8 Å². The Labute approximate surface area is 170 Å². The molecule has 0 radical (unpaired) electrons. The van der Waals surface area contributed by atoms with Crippen molar-refractivity contribution >= 4 is 11.8 Å². The van der Waals surface area contributed by atoms with Gasteiger partial charge in [-0.05, 0) is 17.2 Å². The number of hydrogen-bond acceptors (Lipinski definition) is 3. The van der Waals surface area contributed by atoms with Gasteiger partial charge in [-0.3, -0.25) is 9.59 Å². The van der Waals surface area contributed by atoms with E-state index in [0.29, 0.717) is 38.2 Å². The number of carbonyl (C=O) groups is 2. The van der Waals surface area contributed by atoms with E-state index in [9.17, 15) is 9.59 Å². The number of hydrogen-bond donors (Lipinski definition) is 0. The quantitative estimate of drug-likeness (QED) is 0.668. The molecule has 0 saturated carbocycles. The number of furan rings is 1. The SMILES string of the molecule is O=C(CC(c1ccccc1)c1ccccc1)N1CCN(C(=O)c2ccoc2)CC1. The second kappa shape index (κ2) is 8.78. The van der Waals surface area contributed by atoms with Gasteiger partial charge in [-0.1, -0.05) is 60.7 Å². The summed E-state index contributed by atoms with van der Waals surface area (Å²) in [6, 6.07) is 22.0. The zero-order chi connectivity index (χ0) is 20.1. The van der Waals surface area contributed by atoms with E-state index < -0.39 is 0 Å². The summed E-state index contributed by atoms with van der Waals surface area (Å²) >= 11 is 0. The van der Waals surface area contributed by atoms with E-state index in [1.165, 1.54) is 12.5 Å². The number of nitrogens with zero attached hydrogens (tertiary/aromatic N) is 2. The highest BCUT2D eigenvalue weighted by molar-refractivity contribution is 5.94. The highest BCUT2D eigenvalue weighted by Gasteiger charge is 2.27. The fraction of sp³-hybridized carbons (Fsp3) is 0.250. The molecule has 29 heavy (non-hydrogen) atoms. The second-order valence-corrected chi connectivity index (χ2v) is 7.26. The Kier molecular flexibility index (Phi) is 5.75. The molecular formula is C24H24N2O3. The van der Waals surface area contributed by atoms with Crippen LogP contribution in [0, 0.1) is 0 Å². The first-order chi connectivity index (χ1) is 14.2. The number of piperazine rings is 1. The molecule has 1 saturated heterocycles. The standard InChI is InChI=1S/C24H24N2O3/c27-23(25-12-14-26(15-13-25)24(28)21-11-16-29-18-21)17-22(19-7-3-1-4-8-19)20-9-5-2-6-10-20/h1-11,16,18,22H,12-15,17H2. The predicted molar refractivity (Wildman–Crippen MR) is 111 cm³/mol. The van der Waals surface area contributed by atoms with Gasteiger partial charge in [0, 0.05) is 38.5 Å². The minimum Gasteiger partial charge on any atom is -0.472 e. The summed E-state index contributed by atoms with van der Waals surface area (Å²) in [5.74, 6) is 0.103. The fourth-order valence-corrected chi connectivity index (χ4v) is 3.83. The highest BCUT2D eigenvalue weighted by Crippen LogP contribution is 2.28. The molecule has 1 aliphatic heterocycles. The Bertz CT molecular complexity index is 891. The average molecular weight is 388 g/mol. The maximum atomic E-state index is 13.1. The molecule has 0 aliphatic carbocycles. The molecule has 1 aliphatic rings. The van der Waals surface area contributed by atoms with Crippen LogP contribution in [0.2, 0.25) is 0 Å². The van der Waals surface area contributed by atoms with Crippen LogP contribution < -0.4 is 0 Å². The van der Waals surface area contributed by atoms with Crippen molar-refractivity contribution in [2.45, 2.75) is 12.3 Å². The van der Waals surface area contributed by atoms with Gasteiger partial charge in [0.1, 0.15) is 6.26 Å². The van der Waals surface area contributed by atoms with Gasteiger partial charge in [-0.15, -0.1) is 0 Å². The van der Waals surface area contributed by atoms with Crippen LogP contribution in [0.4, 0.5) is 0 Å². The van der Waals surface area contributed by atoms with E-state index in [2.05, 4.69) is 24.3 Å². The van der Waals surface area contributed by atoms with Crippen LogP contribution in [0.1, 0.15) is 33.8 Å². The first-order valence-electron chi connectivity index (χ1n) is 9.91. The predicted octanol–water partition coefficient (Wildman–Crippen LogP) is 3.79. The van der Waals surface area contributed by atoms with Gasteiger partial charge >= 0.3 is 0 Å². The minimum atomic E-state index is -0.0442. The molecule has 5 heteroatoms. The van der Waals surface area contributed by atoms with Crippen molar-refractivity contribution in [3.63, 3.8) is 0 Å². The van der Waals surface area contributed by atoms with Crippen molar-refractivity contribution in [2.24, 2.45) is 0 Å². The Morgan fingerprint density at radius 1 is 0.793 bits per heavy atom. The molecule has 2 aromatic carbocycles. The van der Waals surface area contributed by atoms with Crippen LogP contribution >= 0.6 is 0 Å². The number of benzene rings is 2. The van der Waals surface area contributed by atoms with Gasteiger partial charge in [0.25, 0.3) is 5.91 Å². The Hall–Kier alpha value is -3.34. The third-order valence-electron chi connectivity index (χ3n) is 5.47. The summed E-state index contributed by atoms with van der Waals surface area (Å²) in [6.45, 7) is 2.19. The van der Waals surface area contributed by atoms with Gasteiger partial charge in [0.05, 0.1) is 11.8 Å². The van der Waals surface area contributed by atoms with Crippen LogP contribution in [0.25, 0.3) is 0 Å². The molecule has 148 valence electrons. The van der Waals surface area contributed by atoms with Crippen LogP contribution in [-0.2, 0) is 4.79 Å². The van der Waals surface area contributed by atoms with E-state index in [1.807, 2.05) is 41.3 Å². The van der Waals surface area contributed by atoms with Gasteiger partial charge in [0.2, 0.25) is 5.91 Å². The van der Waals surface area contributed by atoms with E-state index in [0.717, 1.165) is 11.1 Å². The largest absolute Gasteiger partial charge is 0.472 e. The molecule has 0 atom stereocenters. The summed E-state index contributed by atoms with van der Waals surface area (Å²) in [5, 5.41) is 0. The molecule has 3 aromatic rings. The van der Waals surface area contributed by atoms with Gasteiger partial charge < -0.3 is 14.2 Å². The normalized spacial score (nSPS) is 14.2. The first kappa shape index (κ1) is 19.0. The van der Waals surface area contributed by atoms with Gasteiger partial charge in [-0.25, -0.2) is 0 Å². The lowest BCUT2D eigenvalue weighted by atomic mass is 9.88. The van der Waals surface area contributed by atoms with Crippen molar-refractivity contribution in [1.82, 2.24) is 9.80 Å². The zero-order valence-corrected chi connectivity index (χ0v) is 16.2. The summed E-state index contributed by atoms with van der Waals surface area (Å²) in [7, 11) is 0. The summed E-state index contributed by atoms with van der Waals surface area (Å²) in [4.78, 5) is 29.2. The Morgan fingerprint density at radius 3 is 1.86 bits per heavy atom. The Morgan fingerprint density at radius 2 is 1.34 bits per heavy atom. The minimum absolute atomic E-state index is 0.0236. The molecule has 0 spiro atoms. The van der Waals surface area contributed by atoms with Crippen molar-refractivity contribution in [3.8, 4) is 0 Å². The molecule has 2 amide bonds. The molecule has 0 bridgehead atoms. The van der Waals surface area contributed by atoms with Crippen molar-refractivity contribution in [2.75, 3.05) is 26.2 Å². The lowest BCUT2D eigenvalue weighted by Gasteiger charge is -2.35. The first-order valence-corrected chi connectivity index (χ1v) is 9.91. The van der Waals surface area contributed by atoms with Crippen LogP contribution in [0.3, 0.4) is 0 Å². The number of rotatable bonds is 5. The van der Waals surface area contributed by atoms with Gasteiger partial charge in [0.15, 0.2) is 0 Å². The lowest BCUT2D eigenvalue weighted by molar-refractivity contribution is -0.132. The molecule has 5 nitrogen and oxygen atoms in total. The summed E-state index contributed by atoms with van der Waals surface area (Å²) in [6.07, 6.45) is 3.38. The number of amides is 2. The summed E-state index contributed by atoms with van der Waals surface area (Å²) < 4.78 is 5.00. The topological polar surface area (TPSA) is 53.8 Å². The molecule has 4 rings (SSSR count). The third kappa shape index (κ3) is 4.40. The van der Waals surface area contributed by atoms with E-state index in [-0.39, 0.29) is 17.7 Å². The van der Waals surface area contributed by atoms with Crippen LogP contribution in [0.5, 0.6) is 0 Å².